The number of nitrogens with zero attached hydrogens (tertiary/aromatic N) is 3. The zero-order chi connectivity index (χ0) is 22.2. The van der Waals surface area contributed by atoms with Gasteiger partial charge in [-0.25, -0.2) is 4.79 Å². The quantitative estimate of drug-likeness (QED) is 0.394. The minimum atomic E-state index is -0.976. The molecule has 32 heavy (non-hydrogen) atoms. The number of para-hydroxylation sites is 1. The summed E-state index contributed by atoms with van der Waals surface area (Å²) in [6, 6.07) is 29.5. The summed E-state index contributed by atoms with van der Waals surface area (Å²) in [5.74, 6) is -0.441. The predicted octanol–water partition coefficient (Wildman–Crippen LogP) is 4.77. The molecule has 4 aromatic rings. The fourth-order valence-corrected chi connectivity index (χ4v) is 3.69. The van der Waals surface area contributed by atoms with Gasteiger partial charge < -0.3 is 9.84 Å². The number of aryl methyl sites for hydroxylation is 1. The SMILES string of the molecule is O=C(O)C(CCCn1ncc(C(c2ccccc2)c2ccccc2)n1)Oc1ccccc1. The molecule has 0 saturated heterocycles. The Balaban J connectivity index is 1.43. The molecule has 3 aromatic carbocycles. The molecule has 0 spiro atoms. The third kappa shape index (κ3) is 5.40. The van der Waals surface area contributed by atoms with E-state index >= 15 is 0 Å². The highest BCUT2D eigenvalue weighted by molar-refractivity contribution is 5.72. The molecular weight excluding hydrogens is 402 g/mol. The standard InChI is InChI=1S/C26H25N3O3/c30-26(31)24(32-22-15-8-3-9-16-22)17-10-18-29-27-19-23(28-29)25(20-11-4-1-5-12-20)21-13-6-2-7-14-21/h1-9,11-16,19,24-25H,10,17-18H2,(H,30,31). The van der Waals surface area contributed by atoms with E-state index in [1.165, 1.54) is 0 Å². The maximum Gasteiger partial charge on any atom is 0.344 e. The molecule has 1 N–H and O–H groups in total. The molecule has 0 aliphatic rings. The maximum absolute atomic E-state index is 11.6. The molecule has 0 fully saturated rings. The van der Waals surface area contributed by atoms with Gasteiger partial charge in [0.15, 0.2) is 6.10 Å². The minimum Gasteiger partial charge on any atom is -0.479 e. The van der Waals surface area contributed by atoms with E-state index in [0.717, 1.165) is 16.8 Å². The molecule has 1 aromatic heterocycles. The van der Waals surface area contributed by atoms with Crippen molar-refractivity contribution in [3.05, 3.63) is 114 Å². The van der Waals surface area contributed by atoms with Crippen molar-refractivity contribution >= 4 is 5.97 Å². The Labute approximate surface area is 187 Å². The van der Waals surface area contributed by atoms with Gasteiger partial charge >= 0.3 is 5.97 Å². The number of hydrogen-bond acceptors (Lipinski definition) is 4. The highest BCUT2D eigenvalue weighted by atomic mass is 16.5. The molecule has 4 rings (SSSR count). The molecule has 0 radical (unpaired) electrons. The van der Waals surface area contributed by atoms with Crippen LogP contribution in [0.5, 0.6) is 5.75 Å². The summed E-state index contributed by atoms with van der Waals surface area (Å²) in [6.07, 6.45) is 1.83. The Kier molecular flexibility index (Phi) is 6.92. The van der Waals surface area contributed by atoms with Gasteiger partial charge in [-0.15, -0.1) is 0 Å². The summed E-state index contributed by atoms with van der Waals surface area (Å²) < 4.78 is 5.62. The van der Waals surface area contributed by atoms with Crippen LogP contribution >= 0.6 is 0 Å². The molecule has 0 aliphatic carbocycles. The van der Waals surface area contributed by atoms with Crippen LogP contribution in [0.4, 0.5) is 0 Å². The summed E-state index contributed by atoms with van der Waals surface area (Å²) in [7, 11) is 0. The van der Waals surface area contributed by atoms with Crippen LogP contribution in [0.25, 0.3) is 0 Å². The van der Waals surface area contributed by atoms with Crippen LogP contribution in [-0.2, 0) is 11.3 Å². The second kappa shape index (κ2) is 10.4. The molecule has 6 nitrogen and oxygen atoms in total. The second-order valence-corrected chi connectivity index (χ2v) is 7.52. The first kappa shape index (κ1) is 21.3. The van der Waals surface area contributed by atoms with Crippen molar-refractivity contribution < 1.29 is 14.6 Å². The average Bonchev–Trinajstić information content (AvgIpc) is 3.29. The van der Waals surface area contributed by atoms with Gasteiger partial charge in [0, 0.05) is 0 Å². The van der Waals surface area contributed by atoms with Gasteiger partial charge in [0.05, 0.1) is 24.4 Å². The van der Waals surface area contributed by atoms with Crippen molar-refractivity contribution in [2.24, 2.45) is 0 Å². The van der Waals surface area contributed by atoms with E-state index in [1.807, 2.05) is 54.6 Å². The zero-order valence-corrected chi connectivity index (χ0v) is 17.6. The topological polar surface area (TPSA) is 77.2 Å². The van der Waals surface area contributed by atoms with Crippen LogP contribution < -0.4 is 4.74 Å². The lowest BCUT2D eigenvalue weighted by Crippen LogP contribution is -2.27. The number of carboxylic acids is 1. The predicted molar refractivity (Wildman–Crippen MR) is 122 cm³/mol. The Hall–Kier alpha value is -3.93. The van der Waals surface area contributed by atoms with Crippen LogP contribution in [0, 0.1) is 0 Å². The van der Waals surface area contributed by atoms with E-state index < -0.39 is 12.1 Å². The van der Waals surface area contributed by atoms with E-state index in [0.29, 0.717) is 25.1 Å². The summed E-state index contributed by atoms with van der Waals surface area (Å²) >= 11 is 0. The lowest BCUT2D eigenvalue weighted by molar-refractivity contribution is -0.145. The first-order chi connectivity index (χ1) is 15.7. The molecule has 162 valence electrons. The molecule has 0 bridgehead atoms. The molecule has 1 unspecified atom stereocenters. The minimum absolute atomic E-state index is 0.0145. The van der Waals surface area contributed by atoms with Gasteiger partial charge in [0.1, 0.15) is 5.75 Å². The van der Waals surface area contributed by atoms with Gasteiger partial charge in [0.2, 0.25) is 0 Å². The van der Waals surface area contributed by atoms with Gasteiger partial charge in [-0.1, -0.05) is 78.9 Å². The van der Waals surface area contributed by atoms with E-state index in [9.17, 15) is 9.90 Å². The van der Waals surface area contributed by atoms with Crippen molar-refractivity contribution in [3.63, 3.8) is 0 Å². The molecule has 0 saturated carbocycles. The van der Waals surface area contributed by atoms with Crippen molar-refractivity contribution in [2.45, 2.75) is 31.4 Å². The van der Waals surface area contributed by atoms with E-state index in [4.69, 9.17) is 9.84 Å². The fourth-order valence-electron chi connectivity index (χ4n) is 3.69. The number of carboxylic acid groups (broad SMARTS) is 1. The molecule has 0 aliphatic heterocycles. The average molecular weight is 428 g/mol. The first-order valence-corrected chi connectivity index (χ1v) is 10.6. The van der Waals surface area contributed by atoms with Crippen LogP contribution in [0.1, 0.15) is 35.6 Å². The fraction of sp³-hybridized carbons (Fsp3) is 0.192. The largest absolute Gasteiger partial charge is 0.479 e. The number of benzene rings is 3. The summed E-state index contributed by atoms with van der Waals surface area (Å²) in [5.41, 5.74) is 3.15. The monoisotopic (exact) mass is 427 g/mol. The van der Waals surface area contributed by atoms with Crippen molar-refractivity contribution in [1.82, 2.24) is 15.0 Å². The summed E-state index contributed by atoms with van der Waals surface area (Å²) in [5, 5.41) is 18.6. The van der Waals surface area contributed by atoms with Gasteiger partial charge in [0.25, 0.3) is 0 Å². The maximum atomic E-state index is 11.6. The highest BCUT2D eigenvalue weighted by Gasteiger charge is 2.21. The third-order valence-electron chi connectivity index (χ3n) is 5.24. The molecule has 6 heteroatoms. The number of aliphatic carboxylic acids is 1. The summed E-state index contributed by atoms with van der Waals surface area (Å²) in [6.45, 7) is 0.512. The number of rotatable bonds is 10. The van der Waals surface area contributed by atoms with Crippen LogP contribution in [0.15, 0.2) is 97.2 Å². The Morgan fingerprint density at radius 2 is 1.44 bits per heavy atom. The molecule has 1 atom stereocenters. The zero-order valence-electron chi connectivity index (χ0n) is 17.6. The van der Waals surface area contributed by atoms with Gasteiger partial charge in [-0.3, -0.25) is 0 Å². The smallest absolute Gasteiger partial charge is 0.344 e. The number of ether oxygens (including phenoxy) is 1. The third-order valence-corrected chi connectivity index (χ3v) is 5.24. The lowest BCUT2D eigenvalue weighted by Gasteiger charge is -2.16. The van der Waals surface area contributed by atoms with Crippen LogP contribution in [0.3, 0.4) is 0 Å². The van der Waals surface area contributed by atoms with Gasteiger partial charge in [-0.2, -0.15) is 15.0 Å². The van der Waals surface area contributed by atoms with Crippen molar-refractivity contribution in [2.75, 3.05) is 0 Å². The molecular formula is C26H25N3O3. The van der Waals surface area contributed by atoms with E-state index in [1.54, 1.807) is 23.1 Å². The van der Waals surface area contributed by atoms with Crippen LogP contribution in [-0.4, -0.2) is 32.2 Å². The second-order valence-electron chi connectivity index (χ2n) is 7.52. The van der Waals surface area contributed by atoms with Crippen LogP contribution in [0.2, 0.25) is 0 Å². The highest BCUT2D eigenvalue weighted by Crippen LogP contribution is 2.30. The normalized spacial score (nSPS) is 11.9. The first-order valence-electron chi connectivity index (χ1n) is 10.6. The summed E-state index contributed by atoms with van der Waals surface area (Å²) in [4.78, 5) is 13.2. The van der Waals surface area contributed by atoms with Crippen molar-refractivity contribution in [1.29, 1.82) is 0 Å². The number of carbonyl (C=O) groups is 1. The van der Waals surface area contributed by atoms with Crippen molar-refractivity contribution in [3.8, 4) is 5.75 Å². The Bertz CT molecular complexity index is 1080. The molecule has 0 amide bonds. The number of aromatic nitrogens is 3. The number of hydrogen-bond donors (Lipinski definition) is 1. The van der Waals surface area contributed by atoms with Gasteiger partial charge in [-0.05, 0) is 36.1 Å². The Morgan fingerprint density at radius 1 is 0.875 bits per heavy atom. The van der Waals surface area contributed by atoms with E-state index in [2.05, 4.69) is 29.4 Å². The lowest BCUT2D eigenvalue weighted by atomic mass is 9.89. The molecule has 1 heterocycles. The van der Waals surface area contributed by atoms with E-state index in [-0.39, 0.29) is 5.92 Å². The Morgan fingerprint density at radius 3 is 2.00 bits per heavy atom.